The van der Waals surface area contributed by atoms with Crippen LogP contribution in [0.1, 0.15) is 48.9 Å². The van der Waals surface area contributed by atoms with E-state index < -0.39 is 5.41 Å². The number of hydrogen-bond acceptors (Lipinski definition) is 4. The number of allylic oxidation sites excluding steroid dienone is 1. The van der Waals surface area contributed by atoms with Crippen molar-refractivity contribution in [3.63, 3.8) is 0 Å². The summed E-state index contributed by atoms with van der Waals surface area (Å²) < 4.78 is 11.2. The molecular formula is C28H31NO3. The highest BCUT2D eigenvalue weighted by Gasteiger charge is 2.29. The number of hydrogen-bond donors (Lipinski definition) is 2. The fraction of sp³-hybridized carbons (Fsp3) is 0.250. The van der Waals surface area contributed by atoms with Crippen LogP contribution in [-0.2, 0) is 5.41 Å². The molecule has 166 valence electrons. The van der Waals surface area contributed by atoms with Crippen molar-refractivity contribution >= 4 is 5.71 Å². The molecule has 0 aliphatic rings. The van der Waals surface area contributed by atoms with Crippen molar-refractivity contribution in [2.75, 3.05) is 13.7 Å². The number of unbranched alkanes of at least 4 members (excludes halogenated alkanes) is 1. The number of ether oxygens (including phenoxy) is 2. The summed E-state index contributed by atoms with van der Waals surface area (Å²) >= 11 is 0. The lowest BCUT2D eigenvalue weighted by atomic mass is 9.76. The van der Waals surface area contributed by atoms with Gasteiger partial charge in [-0.2, -0.15) is 0 Å². The van der Waals surface area contributed by atoms with Crippen LogP contribution in [-0.4, -0.2) is 24.5 Å². The number of benzene rings is 3. The number of methoxy groups -OCH3 is 1. The molecule has 0 aliphatic carbocycles. The molecule has 0 saturated heterocycles. The molecule has 0 radical (unpaired) electrons. The van der Waals surface area contributed by atoms with Gasteiger partial charge in [0.25, 0.3) is 0 Å². The summed E-state index contributed by atoms with van der Waals surface area (Å²) in [4.78, 5) is 0. The summed E-state index contributed by atoms with van der Waals surface area (Å²) in [5, 5.41) is 20.0. The fourth-order valence-corrected chi connectivity index (χ4v) is 3.69. The van der Waals surface area contributed by atoms with Crippen LogP contribution < -0.4 is 9.47 Å². The molecule has 3 aromatic carbocycles. The summed E-state index contributed by atoms with van der Waals surface area (Å²) in [5.74, 6) is 1.45. The van der Waals surface area contributed by atoms with Crippen LogP contribution in [0.3, 0.4) is 0 Å². The van der Waals surface area contributed by atoms with Crippen LogP contribution in [0.4, 0.5) is 0 Å². The third-order valence-corrected chi connectivity index (χ3v) is 5.72. The Kier molecular flexibility index (Phi) is 7.37. The molecule has 3 aromatic rings. The maximum atomic E-state index is 11.2. The van der Waals surface area contributed by atoms with Crippen molar-refractivity contribution in [2.45, 2.75) is 32.1 Å². The monoisotopic (exact) mass is 429 g/mol. The van der Waals surface area contributed by atoms with Gasteiger partial charge in [0.2, 0.25) is 0 Å². The first-order valence-electron chi connectivity index (χ1n) is 10.8. The molecule has 4 nitrogen and oxygen atoms in total. The second-order valence-corrected chi connectivity index (χ2v) is 8.24. The molecule has 0 saturated carbocycles. The van der Waals surface area contributed by atoms with Gasteiger partial charge in [-0.3, -0.25) is 5.41 Å². The minimum atomic E-state index is -0.474. The molecule has 0 fully saturated rings. The Bertz CT molecular complexity index is 1070. The highest BCUT2D eigenvalue weighted by Crippen LogP contribution is 2.41. The molecule has 0 amide bonds. The number of nitrogens with one attached hydrogen (secondary N) is 1. The van der Waals surface area contributed by atoms with E-state index in [4.69, 9.17) is 14.9 Å². The Morgan fingerprint density at radius 1 is 1.03 bits per heavy atom. The average molecular weight is 430 g/mol. The van der Waals surface area contributed by atoms with Crippen LogP contribution in [0.5, 0.6) is 17.2 Å². The molecular weight excluding hydrogens is 398 g/mol. The topological polar surface area (TPSA) is 62.5 Å². The van der Waals surface area contributed by atoms with Gasteiger partial charge in [0.1, 0.15) is 17.2 Å². The fourth-order valence-electron chi connectivity index (χ4n) is 3.69. The summed E-state index contributed by atoms with van der Waals surface area (Å²) in [7, 11) is 1.59. The van der Waals surface area contributed by atoms with E-state index in [1.807, 2.05) is 66.7 Å². The quantitative estimate of drug-likeness (QED) is 0.220. The number of rotatable bonds is 10. The standard InChI is InChI=1S/C28H31NO3/c1-5-6-10-17-32-22-15-13-20(14-16-22)26(29)24-18-23(31-4)19-25(27(24)30)28(2,3)21-11-8-7-9-12-21/h5,7-9,11-16,18-19,29-30H,1,6,10,17H2,2-4H3. The summed E-state index contributed by atoms with van der Waals surface area (Å²) in [5.41, 5.74) is 2.66. The molecule has 3 rings (SSSR count). The summed E-state index contributed by atoms with van der Waals surface area (Å²) in [6.07, 6.45) is 3.71. The van der Waals surface area contributed by atoms with Crippen molar-refractivity contribution in [1.29, 1.82) is 5.41 Å². The molecule has 0 aromatic heterocycles. The van der Waals surface area contributed by atoms with Gasteiger partial charge in [-0.05, 0) is 54.8 Å². The van der Waals surface area contributed by atoms with Gasteiger partial charge < -0.3 is 14.6 Å². The Balaban J connectivity index is 1.93. The van der Waals surface area contributed by atoms with E-state index >= 15 is 0 Å². The molecule has 0 spiro atoms. The second kappa shape index (κ2) is 10.2. The van der Waals surface area contributed by atoms with Crippen LogP contribution in [0.25, 0.3) is 0 Å². The van der Waals surface area contributed by atoms with E-state index in [-0.39, 0.29) is 11.5 Å². The lowest BCUT2D eigenvalue weighted by molar-refractivity contribution is 0.312. The molecule has 2 N–H and O–H groups in total. The summed E-state index contributed by atoms with van der Waals surface area (Å²) in [6.45, 7) is 8.45. The number of aromatic hydroxyl groups is 1. The van der Waals surface area contributed by atoms with Crippen molar-refractivity contribution in [3.05, 3.63) is 102 Å². The van der Waals surface area contributed by atoms with Gasteiger partial charge in [-0.25, -0.2) is 0 Å². The number of phenolic OH excluding ortho intramolecular Hbond substituents is 1. The third kappa shape index (κ3) is 5.02. The van der Waals surface area contributed by atoms with E-state index in [2.05, 4.69) is 20.4 Å². The normalized spacial score (nSPS) is 11.1. The minimum Gasteiger partial charge on any atom is -0.507 e. The first kappa shape index (κ1) is 23.1. The van der Waals surface area contributed by atoms with Gasteiger partial charge in [-0.1, -0.05) is 50.3 Å². The van der Waals surface area contributed by atoms with E-state index in [1.165, 1.54) is 0 Å². The summed E-state index contributed by atoms with van der Waals surface area (Å²) in [6, 6.07) is 21.0. The van der Waals surface area contributed by atoms with E-state index in [1.54, 1.807) is 13.2 Å². The maximum Gasteiger partial charge on any atom is 0.129 e. The second-order valence-electron chi connectivity index (χ2n) is 8.24. The van der Waals surface area contributed by atoms with Crippen molar-refractivity contribution in [1.82, 2.24) is 0 Å². The highest BCUT2D eigenvalue weighted by molar-refractivity contribution is 6.13. The molecule has 0 unspecified atom stereocenters. The van der Waals surface area contributed by atoms with E-state index in [9.17, 15) is 5.11 Å². The van der Waals surface area contributed by atoms with E-state index in [0.29, 0.717) is 29.0 Å². The minimum absolute atomic E-state index is 0.0920. The highest BCUT2D eigenvalue weighted by atomic mass is 16.5. The van der Waals surface area contributed by atoms with Gasteiger partial charge in [-0.15, -0.1) is 6.58 Å². The smallest absolute Gasteiger partial charge is 0.129 e. The Morgan fingerprint density at radius 2 is 1.72 bits per heavy atom. The maximum absolute atomic E-state index is 11.2. The zero-order chi connectivity index (χ0) is 23.1. The predicted molar refractivity (Wildman–Crippen MR) is 131 cm³/mol. The molecule has 4 heteroatoms. The van der Waals surface area contributed by atoms with Gasteiger partial charge in [0, 0.05) is 22.1 Å². The zero-order valence-electron chi connectivity index (χ0n) is 19.0. The third-order valence-electron chi connectivity index (χ3n) is 5.72. The van der Waals surface area contributed by atoms with Gasteiger partial charge in [0.05, 0.1) is 19.4 Å². The molecule has 0 bridgehead atoms. The van der Waals surface area contributed by atoms with Crippen molar-refractivity contribution in [2.24, 2.45) is 0 Å². The Hall–Kier alpha value is -3.53. The molecule has 0 atom stereocenters. The van der Waals surface area contributed by atoms with Gasteiger partial charge in [0.15, 0.2) is 0 Å². The van der Waals surface area contributed by atoms with Crippen LogP contribution in [0.15, 0.2) is 79.4 Å². The van der Waals surface area contributed by atoms with Crippen LogP contribution in [0.2, 0.25) is 0 Å². The zero-order valence-corrected chi connectivity index (χ0v) is 19.0. The number of phenols is 1. The molecule has 32 heavy (non-hydrogen) atoms. The lowest BCUT2D eigenvalue weighted by Gasteiger charge is -2.28. The predicted octanol–water partition coefficient (Wildman–Crippen LogP) is 6.49. The SMILES string of the molecule is C=CCCCOc1ccc(C(=N)c2cc(OC)cc(C(C)(C)c3ccccc3)c2O)cc1. The van der Waals surface area contributed by atoms with E-state index in [0.717, 1.165) is 24.2 Å². The molecule has 0 heterocycles. The Morgan fingerprint density at radius 3 is 2.34 bits per heavy atom. The van der Waals surface area contributed by atoms with Crippen molar-refractivity contribution in [3.8, 4) is 17.2 Å². The Labute approximate surface area is 190 Å². The lowest BCUT2D eigenvalue weighted by Crippen LogP contribution is -2.20. The van der Waals surface area contributed by atoms with Crippen LogP contribution in [0, 0.1) is 5.41 Å². The largest absolute Gasteiger partial charge is 0.507 e. The van der Waals surface area contributed by atoms with Crippen molar-refractivity contribution < 1.29 is 14.6 Å². The molecule has 0 aliphatic heterocycles. The van der Waals surface area contributed by atoms with Gasteiger partial charge >= 0.3 is 0 Å². The van der Waals surface area contributed by atoms with Crippen LogP contribution >= 0.6 is 0 Å². The first-order chi connectivity index (χ1) is 15.4. The average Bonchev–Trinajstić information content (AvgIpc) is 2.82. The first-order valence-corrected chi connectivity index (χ1v) is 10.8.